The zero-order valence-corrected chi connectivity index (χ0v) is 18.7. The first-order chi connectivity index (χ1) is 15.5. The second kappa shape index (κ2) is 6.93. The second-order valence-electron chi connectivity index (χ2n) is 9.97. The van der Waals surface area contributed by atoms with Gasteiger partial charge < -0.3 is 19.6 Å². The summed E-state index contributed by atoms with van der Waals surface area (Å²) in [6, 6.07) is 16.2. The van der Waals surface area contributed by atoms with E-state index in [0.717, 1.165) is 37.1 Å². The third kappa shape index (κ3) is 2.49. The standard InChI is InChI=1S/C27H30N2O3/c1-28-16-15-26-24-19-9-6-10-21(24)32-25(26)20(13-14-27(26,31)22(28)17-19)29(2)23(30)12-11-18-7-4-3-5-8-18/h3-12,20,22,25,31H,13-17H2,1-2H3/t20-,22-,25+,26+,27-/m1/s1. The van der Waals surface area contributed by atoms with Gasteiger partial charge in [-0.05, 0) is 62.5 Å². The van der Waals surface area contributed by atoms with Crippen LogP contribution in [0, 0.1) is 0 Å². The highest BCUT2D eigenvalue weighted by atomic mass is 16.5. The highest BCUT2D eigenvalue weighted by Gasteiger charge is 2.72. The molecule has 166 valence electrons. The van der Waals surface area contributed by atoms with Crippen LogP contribution < -0.4 is 4.74 Å². The smallest absolute Gasteiger partial charge is 0.246 e. The number of benzene rings is 2. The zero-order valence-electron chi connectivity index (χ0n) is 18.7. The molecule has 0 aromatic heterocycles. The summed E-state index contributed by atoms with van der Waals surface area (Å²) in [7, 11) is 4.01. The number of carbonyl (C=O) groups excluding carboxylic acids is 1. The molecule has 5 heteroatoms. The number of likely N-dealkylation sites (tertiary alicyclic amines) is 1. The SMILES string of the molecule is CN1CC[C@]23c4c5cccc4O[C@H]2[C@H](N(C)C(=O)C=Cc2ccccc2)CC[C@@]3(O)[C@H]1C5. The number of hydrogen-bond acceptors (Lipinski definition) is 4. The molecule has 6 rings (SSSR count). The molecule has 2 aromatic carbocycles. The summed E-state index contributed by atoms with van der Waals surface area (Å²) in [6.07, 6.45) is 6.41. The number of aliphatic hydroxyl groups is 1. The molecule has 5 nitrogen and oxygen atoms in total. The molecule has 1 spiro atoms. The van der Waals surface area contributed by atoms with Gasteiger partial charge in [0.2, 0.25) is 5.91 Å². The molecule has 2 aliphatic heterocycles. The number of rotatable bonds is 3. The van der Waals surface area contributed by atoms with Crippen molar-refractivity contribution in [3.8, 4) is 5.75 Å². The van der Waals surface area contributed by atoms with Crippen LogP contribution in [-0.2, 0) is 16.6 Å². The van der Waals surface area contributed by atoms with Gasteiger partial charge in [0.15, 0.2) is 0 Å². The normalized spacial score (nSPS) is 34.8. The molecule has 2 fully saturated rings. The second-order valence-corrected chi connectivity index (χ2v) is 9.97. The van der Waals surface area contributed by atoms with Crippen LogP contribution in [0.1, 0.15) is 36.0 Å². The quantitative estimate of drug-likeness (QED) is 0.761. The Bertz CT molecular complexity index is 1100. The van der Waals surface area contributed by atoms with Crippen LogP contribution in [0.3, 0.4) is 0 Å². The van der Waals surface area contributed by atoms with Crippen molar-refractivity contribution in [2.45, 2.75) is 54.9 Å². The van der Waals surface area contributed by atoms with Gasteiger partial charge in [-0.15, -0.1) is 0 Å². The molecule has 2 heterocycles. The maximum Gasteiger partial charge on any atom is 0.246 e. The zero-order chi connectivity index (χ0) is 22.1. The summed E-state index contributed by atoms with van der Waals surface area (Å²) < 4.78 is 6.63. The number of ether oxygens (including phenoxy) is 1. The van der Waals surface area contributed by atoms with E-state index in [4.69, 9.17) is 4.74 Å². The van der Waals surface area contributed by atoms with Gasteiger partial charge in [-0.2, -0.15) is 0 Å². The average Bonchev–Trinajstić information content (AvgIpc) is 3.15. The third-order valence-corrected chi connectivity index (χ3v) is 8.66. The Kier molecular flexibility index (Phi) is 4.33. The Balaban J connectivity index is 1.37. The van der Waals surface area contributed by atoms with Crippen molar-refractivity contribution in [3.05, 3.63) is 71.3 Å². The van der Waals surface area contributed by atoms with Crippen molar-refractivity contribution in [3.63, 3.8) is 0 Å². The number of piperidine rings is 1. The number of carbonyl (C=O) groups is 1. The van der Waals surface area contributed by atoms with Crippen LogP contribution in [0.15, 0.2) is 54.6 Å². The number of nitrogens with zero attached hydrogens (tertiary/aromatic N) is 2. The fourth-order valence-corrected chi connectivity index (χ4v) is 7.11. The van der Waals surface area contributed by atoms with Crippen LogP contribution in [-0.4, -0.2) is 65.2 Å². The van der Waals surface area contributed by atoms with E-state index < -0.39 is 11.0 Å². The molecule has 32 heavy (non-hydrogen) atoms. The predicted octanol–water partition coefficient (Wildman–Crippen LogP) is 3.01. The molecule has 2 aliphatic carbocycles. The third-order valence-electron chi connectivity index (χ3n) is 8.66. The van der Waals surface area contributed by atoms with Crippen molar-refractivity contribution in [2.75, 3.05) is 20.6 Å². The van der Waals surface area contributed by atoms with Crippen LogP contribution in [0.4, 0.5) is 0 Å². The lowest BCUT2D eigenvalue weighted by Gasteiger charge is -2.64. The Morgan fingerprint density at radius 3 is 2.81 bits per heavy atom. The lowest BCUT2D eigenvalue weighted by Crippen LogP contribution is -2.77. The van der Waals surface area contributed by atoms with Gasteiger partial charge in [0, 0.05) is 24.7 Å². The van der Waals surface area contributed by atoms with Gasteiger partial charge in [-0.3, -0.25) is 4.79 Å². The number of hydrogen-bond donors (Lipinski definition) is 1. The largest absolute Gasteiger partial charge is 0.487 e. The Morgan fingerprint density at radius 2 is 2.00 bits per heavy atom. The molecule has 1 saturated heterocycles. The maximum atomic E-state index is 13.2. The molecule has 0 unspecified atom stereocenters. The average molecular weight is 431 g/mol. The summed E-state index contributed by atoms with van der Waals surface area (Å²) in [6.45, 7) is 0.929. The predicted molar refractivity (Wildman–Crippen MR) is 123 cm³/mol. The van der Waals surface area contributed by atoms with Gasteiger partial charge in [0.05, 0.1) is 17.1 Å². The maximum absolute atomic E-state index is 13.2. The monoisotopic (exact) mass is 430 g/mol. The summed E-state index contributed by atoms with van der Waals surface area (Å²) in [5.41, 5.74) is 2.23. The van der Waals surface area contributed by atoms with Crippen LogP contribution in [0.5, 0.6) is 5.75 Å². The van der Waals surface area contributed by atoms with Crippen LogP contribution >= 0.6 is 0 Å². The Hall–Kier alpha value is -2.63. The molecule has 0 radical (unpaired) electrons. The highest BCUT2D eigenvalue weighted by molar-refractivity contribution is 5.92. The van der Waals surface area contributed by atoms with Crippen LogP contribution in [0.25, 0.3) is 6.08 Å². The molecule has 4 aliphatic rings. The lowest BCUT2D eigenvalue weighted by atomic mass is 9.48. The summed E-state index contributed by atoms with van der Waals surface area (Å²) in [4.78, 5) is 17.3. The van der Waals surface area contributed by atoms with Crippen molar-refractivity contribution in [1.29, 1.82) is 0 Å². The van der Waals surface area contributed by atoms with E-state index in [0.29, 0.717) is 6.42 Å². The molecule has 5 atom stereocenters. The van der Waals surface area contributed by atoms with Gasteiger partial charge in [-0.25, -0.2) is 0 Å². The van der Waals surface area contributed by atoms with Crippen molar-refractivity contribution in [2.24, 2.45) is 0 Å². The minimum Gasteiger partial charge on any atom is -0.487 e. The van der Waals surface area contributed by atoms with Gasteiger partial charge in [0.1, 0.15) is 11.9 Å². The first-order valence-corrected chi connectivity index (χ1v) is 11.7. The van der Waals surface area contributed by atoms with E-state index >= 15 is 0 Å². The highest BCUT2D eigenvalue weighted by Crippen LogP contribution is 2.64. The fraction of sp³-hybridized carbons (Fsp3) is 0.444. The Morgan fingerprint density at radius 1 is 1.19 bits per heavy atom. The van der Waals surface area contributed by atoms with Gasteiger partial charge in [0.25, 0.3) is 0 Å². The van der Waals surface area contributed by atoms with E-state index in [2.05, 4.69) is 24.1 Å². The van der Waals surface area contributed by atoms with E-state index in [1.54, 1.807) is 6.08 Å². The van der Waals surface area contributed by atoms with E-state index in [9.17, 15) is 9.90 Å². The molecule has 1 N–H and O–H groups in total. The molecule has 1 amide bonds. The molecular formula is C27H30N2O3. The van der Waals surface area contributed by atoms with Crippen molar-refractivity contribution < 1.29 is 14.6 Å². The fourth-order valence-electron chi connectivity index (χ4n) is 7.11. The summed E-state index contributed by atoms with van der Waals surface area (Å²) in [5.74, 6) is 0.877. The Labute approximate surface area is 189 Å². The minimum atomic E-state index is -0.829. The first-order valence-electron chi connectivity index (χ1n) is 11.7. The first kappa shape index (κ1) is 20.0. The summed E-state index contributed by atoms with van der Waals surface area (Å²) >= 11 is 0. The van der Waals surface area contributed by atoms with Crippen molar-refractivity contribution >= 4 is 12.0 Å². The van der Waals surface area contributed by atoms with Crippen molar-refractivity contribution in [1.82, 2.24) is 9.80 Å². The van der Waals surface area contributed by atoms with Crippen LogP contribution in [0.2, 0.25) is 0 Å². The summed E-state index contributed by atoms with van der Waals surface area (Å²) in [5, 5.41) is 12.2. The number of amides is 1. The molecule has 1 saturated carbocycles. The van der Waals surface area contributed by atoms with Gasteiger partial charge >= 0.3 is 0 Å². The number of likely N-dealkylation sites (N-methyl/N-ethyl adjacent to an activating group) is 2. The molecular weight excluding hydrogens is 400 g/mol. The van der Waals surface area contributed by atoms with E-state index in [1.807, 2.05) is 54.4 Å². The minimum absolute atomic E-state index is 0.0271. The van der Waals surface area contributed by atoms with Gasteiger partial charge in [-0.1, -0.05) is 42.5 Å². The lowest BCUT2D eigenvalue weighted by molar-refractivity contribution is -0.195. The van der Waals surface area contributed by atoms with E-state index in [-0.39, 0.29) is 24.1 Å². The molecule has 2 aromatic rings. The van der Waals surface area contributed by atoms with E-state index in [1.165, 1.54) is 11.1 Å². The topological polar surface area (TPSA) is 53.0 Å². The molecule has 2 bridgehead atoms.